The molecule has 11 N–H and O–H groups in total. The highest BCUT2D eigenvalue weighted by atomic mass is 32.2. The molecule has 8 unspecified atom stereocenters. The van der Waals surface area contributed by atoms with Gasteiger partial charge < -0.3 is 55.9 Å². The Balaban J connectivity index is 0.981. The lowest BCUT2D eigenvalue weighted by molar-refractivity contribution is -0.137. The van der Waals surface area contributed by atoms with Gasteiger partial charge in [0.05, 0.1) is 19.5 Å². The number of phosphoric acid groups is 3. The number of fused-ring (bicyclic) bond motifs is 2. The Labute approximate surface area is 376 Å². The molecule has 65 heavy (non-hydrogen) atoms. The van der Waals surface area contributed by atoms with Crippen LogP contribution in [0.1, 0.15) is 51.8 Å². The van der Waals surface area contributed by atoms with Gasteiger partial charge in [0.15, 0.2) is 17.7 Å². The summed E-state index contributed by atoms with van der Waals surface area (Å²) in [4.78, 5) is 92.1. The monoisotopic (exact) mass is 994 g/mol. The number of aliphatic hydroxyl groups is 2. The summed E-state index contributed by atoms with van der Waals surface area (Å²) in [6, 6.07) is 8.02. The van der Waals surface area contributed by atoms with Crippen molar-refractivity contribution < 1.29 is 80.5 Å². The van der Waals surface area contributed by atoms with Gasteiger partial charge >= 0.3 is 23.5 Å². The lowest BCUT2D eigenvalue weighted by atomic mass is 9.87. The highest BCUT2D eigenvalue weighted by Gasteiger charge is 2.50. The van der Waals surface area contributed by atoms with Crippen molar-refractivity contribution in [3.63, 3.8) is 0 Å². The number of hydrogen-bond acceptors (Lipinski definition) is 18. The zero-order valence-corrected chi connectivity index (χ0v) is 38.9. The second-order valence-electron chi connectivity index (χ2n) is 15.7. The number of nitrogens with one attached hydrogen (secondary N) is 3. The number of H-pyrrole nitrogens is 1. The summed E-state index contributed by atoms with van der Waals surface area (Å²) in [6.45, 7) is 2.55. The van der Waals surface area contributed by atoms with Crippen LogP contribution in [0.4, 0.5) is 5.82 Å². The van der Waals surface area contributed by atoms with Crippen LogP contribution in [0.3, 0.4) is 0 Å². The Hall–Kier alpha value is -3.68. The number of para-hydroxylation sites is 1. The van der Waals surface area contributed by atoms with Crippen LogP contribution in [0.5, 0.6) is 0 Å². The zero-order chi connectivity index (χ0) is 47.7. The number of hydrogen-bond donors (Lipinski definition) is 10. The van der Waals surface area contributed by atoms with Crippen molar-refractivity contribution in [2.45, 2.75) is 77.1 Å². The Kier molecular flexibility index (Phi) is 18.0. The van der Waals surface area contributed by atoms with Crippen molar-refractivity contribution in [2.24, 2.45) is 11.3 Å². The average molecular weight is 995 g/mol. The first-order valence-corrected chi connectivity index (χ1v) is 25.7. The normalized spacial score (nSPS) is 20.9. The number of rotatable bonds is 26. The van der Waals surface area contributed by atoms with Gasteiger partial charge in [-0.15, -0.1) is 0 Å². The van der Waals surface area contributed by atoms with Crippen molar-refractivity contribution in [3.05, 3.63) is 48.7 Å². The van der Waals surface area contributed by atoms with E-state index in [0.29, 0.717) is 24.5 Å². The maximum atomic E-state index is 12.7. The minimum atomic E-state index is -5.58. The number of carbonyl (C=O) groups excluding carboxylic acids is 3. The van der Waals surface area contributed by atoms with E-state index in [1.165, 1.54) is 31.2 Å². The number of aromatic nitrogens is 5. The molecule has 1 aromatic carbocycles. The van der Waals surface area contributed by atoms with Crippen LogP contribution in [0.25, 0.3) is 22.1 Å². The van der Waals surface area contributed by atoms with E-state index in [9.17, 15) is 57.9 Å². The van der Waals surface area contributed by atoms with Crippen molar-refractivity contribution in [1.29, 1.82) is 0 Å². The number of nitrogens with two attached hydrogens (primary N) is 1. The zero-order valence-electron chi connectivity index (χ0n) is 35.4. The molecule has 0 saturated carbocycles. The molecule has 8 atom stereocenters. The highest BCUT2D eigenvalue weighted by molar-refractivity contribution is 7.99. The van der Waals surface area contributed by atoms with Gasteiger partial charge in [-0.3, -0.25) is 32.5 Å². The van der Waals surface area contributed by atoms with Crippen LogP contribution in [0.15, 0.2) is 43.1 Å². The number of aromatic amines is 1. The van der Waals surface area contributed by atoms with Gasteiger partial charge in [0.2, 0.25) is 11.8 Å². The molecule has 3 aromatic heterocycles. The van der Waals surface area contributed by atoms with Crippen LogP contribution < -0.4 is 16.4 Å². The van der Waals surface area contributed by atoms with E-state index in [1.54, 1.807) is 0 Å². The number of aryl methyl sites for hydroxylation is 1. The molecular formula is C36H53N8O17P3S. The fourth-order valence-corrected chi connectivity index (χ4v) is 10.4. The molecule has 1 aliphatic rings. The van der Waals surface area contributed by atoms with Crippen LogP contribution in [-0.2, 0) is 57.1 Å². The first-order valence-electron chi connectivity index (χ1n) is 20.0. The van der Waals surface area contributed by atoms with Crippen LogP contribution in [-0.4, -0.2) is 134 Å². The van der Waals surface area contributed by atoms with Crippen molar-refractivity contribution in [2.75, 3.05) is 43.5 Å². The average Bonchev–Trinajstić information content (AvgIpc) is 3.93. The van der Waals surface area contributed by atoms with Gasteiger partial charge in [0, 0.05) is 65.9 Å². The molecular weight excluding hydrogens is 941 g/mol. The number of thioether (sulfide) groups is 1. The van der Waals surface area contributed by atoms with Crippen molar-refractivity contribution in [1.82, 2.24) is 35.1 Å². The summed E-state index contributed by atoms with van der Waals surface area (Å²) in [5, 5.41) is 27.8. The van der Waals surface area contributed by atoms with E-state index in [1.807, 2.05) is 31.3 Å². The summed E-state index contributed by atoms with van der Waals surface area (Å²) in [6.07, 6.45) is -2.88. The van der Waals surface area contributed by atoms with Crippen molar-refractivity contribution in [3.8, 4) is 0 Å². The van der Waals surface area contributed by atoms with Gasteiger partial charge in [-0.1, -0.05) is 39.0 Å². The summed E-state index contributed by atoms with van der Waals surface area (Å²) in [5.41, 5.74) is 6.53. The fraction of sp³-hybridized carbons (Fsp3) is 0.556. The molecule has 25 nitrogen and oxygen atoms in total. The van der Waals surface area contributed by atoms with E-state index in [4.69, 9.17) is 19.5 Å². The number of carbonyl (C=O) groups is 3. The van der Waals surface area contributed by atoms with E-state index >= 15 is 0 Å². The summed E-state index contributed by atoms with van der Waals surface area (Å²) < 4.78 is 62.4. The Morgan fingerprint density at radius 2 is 1.75 bits per heavy atom. The number of imidazole rings is 1. The maximum absolute atomic E-state index is 12.7. The molecule has 2 amide bonds. The molecule has 360 valence electrons. The van der Waals surface area contributed by atoms with Crippen LogP contribution in [0.2, 0.25) is 0 Å². The van der Waals surface area contributed by atoms with Gasteiger partial charge in [0.25, 0.3) is 0 Å². The fourth-order valence-electron chi connectivity index (χ4n) is 6.59. The Morgan fingerprint density at radius 3 is 2.49 bits per heavy atom. The number of nitrogens with zero attached hydrogens (tertiary/aromatic N) is 4. The van der Waals surface area contributed by atoms with E-state index < -0.39 is 78.6 Å². The van der Waals surface area contributed by atoms with Crippen molar-refractivity contribution >= 4 is 80.7 Å². The molecule has 0 aliphatic carbocycles. The maximum Gasteiger partial charge on any atom is 0.481 e. The summed E-state index contributed by atoms with van der Waals surface area (Å²) in [7, 11) is -16.4. The van der Waals surface area contributed by atoms with Gasteiger partial charge in [-0.2, -0.15) is 16.1 Å². The first kappa shape index (κ1) is 52.3. The molecule has 0 spiro atoms. The molecule has 0 radical (unpaired) electrons. The smallest absolute Gasteiger partial charge is 0.386 e. The molecule has 1 aliphatic heterocycles. The van der Waals surface area contributed by atoms with E-state index in [-0.39, 0.29) is 47.6 Å². The molecule has 29 heteroatoms. The Bertz CT molecular complexity index is 2430. The lowest BCUT2D eigenvalue weighted by Gasteiger charge is -2.30. The predicted molar refractivity (Wildman–Crippen MR) is 232 cm³/mol. The number of ether oxygens (including phenoxy) is 1. The van der Waals surface area contributed by atoms with E-state index in [2.05, 4.69) is 45.5 Å². The summed E-state index contributed by atoms with van der Waals surface area (Å²) >= 11 is 1.53. The largest absolute Gasteiger partial charge is 0.481 e. The predicted octanol–water partition coefficient (Wildman–Crippen LogP) is 1.85. The molecule has 1 fully saturated rings. The quantitative estimate of drug-likeness (QED) is 0.0317. The third kappa shape index (κ3) is 14.9. The number of amides is 2. The number of phosphoric ester groups is 3. The number of ketones is 1. The highest BCUT2D eigenvalue weighted by Crippen LogP contribution is 2.61. The Morgan fingerprint density at radius 1 is 1.03 bits per heavy atom. The topological polar surface area (TPSA) is 379 Å². The van der Waals surface area contributed by atoms with Gasteiger partial charge in [-0.05, 0) is 24.5 Å². The molecule has 1 saturated heterocycles. The molecule has 5 rings (SSSR count). The minimum absolute atomic E-state index is 0.0313. The first-order chi connectivity index (χ1) is 30.5. The number of Topliss-reactive ketones (excluding diaryl/α,β-unsaturated/α-hetero) is 1. The number of aliphatic hydroxyl groups excluding tert-OH is 2. The molecule has 0 bridgehead atoms. The van der Waals surface area contributed by atoms with Crippen LogP contribution in [0, 0.1) is 11.3 Å². The third-order valence-electron chi connectivity index (χ3n) is 10.1. The van der Waals surface area contributed by atoms with Gasteiger partial charge in [0.1, 0.15) is 42.0 Å². The standard InChI is InChI=1S/C36H53N8O17P3S/c1-21(25(45)10-6-7-22-15-40-24-9-5-4-8-23(22)24)17-65-14-13-38-27(46)11-12-39-34(49)31(48)36(2,3)18-58-64(55,56)61-63(53,54)57-16-26-30(60-62(50,51)52)29(47)35(59-26)44-20-43-28-32(37)41-19-42-33(28)44/h4-5,8-9,15,19-21,26,29-31,35,40,47-48H,6-7,10-14,16-18H2,1-3H3,(H,38,46)(H,39,49)(H,53,54)(H,55,56)(H2,37,41,42)(H2,50,51,52). The van der Waals surface area contributed by atoms with Crippen LogP contribution >= 0.6 is 35.2 Å². The minimum Gasteiger partial charge on any atom is -0.386 e. The number of anilines is 1. The molecule has 4 aromatic rings. The lowest BCUT2D eigenvalue weighted by Crippen LogP contribution is -2.46. The van der Waals surface area contributed by atoms with Gasteiger partial charge in [-0.25, -0.2) is 28.6 Å². The third-order valence-corrected chi connectivity index (χ3v) is 14.4. The second-order valence-corrected chi connectivity index (χ2v) is 21.1. The number of nitrogen functional groups attached to an aromatic ring is 1. The molecule has 4 heterocycles. The second kappa shape index (κ2) is 22.4. The number of benzene rings is 1. The van der Waals surface area contributed by atoms with E-state index in [0.717, 1.165) is 41.0 Å². The SMILES string of the molecule is CC(CSCCNC(=O)CCNC(=O)C(O)C(C)(C)COP(=O)(O)OP(=O)(O)OCC1OC(n2cnc3c(N)ncnc32)C(O)C1OP(=O)(O)O)C(=O)CCCc1c[nH]c2ccccc12. The summed E-state index contributed by atoms with van der Waals surface area (Å²) in [5.74, 6) is -0.196.